The standard InChI is InChI=1S/C19H22O2/c1-15-9-10-17(19(2,3)11-12-20)18(13-15)21-14-16-7-5-4-6-8-16/h4-10,12-13H,11,14H2,1-3H3. The van der Waals surface area contributed by atoms with Crippen LogP contribution in [0.25, 0.3) is 0 Å². The van der Waals surface area contributed by atoms with Crippen LogP contribution < -0.4 is 4.74 Å². The van der Waals surface area contributed by atoms with Crippen LogP contribution in [0, 0.1) is 6.92 Å². The zero-order chi connectivity index (χ0) is 15.3. The molecule has 2 heteroatoms. The predicted molar refractivity (Wildman–Crippen MR) is 85.7 cm³/mol. The van der Waals surface area contributed by atoms with E-state index < -0.39 is 0 Å². The molecule has 0 atom stereocenters. The molecule has 0 saturated carbocycles. The molecular formula is C19H22O2. The molecule has 2 nitrogen and oxygen atoms in total. The first-order chi connectivity index (χ1) is 10.0. The summed E-state index contributed by atoms with van der Waals surface area (Å²) in [7, 11) is 0. The summed E-state index contributed by atoms with van der Waals surface area (Å²) in [6.45, 7) is 6.73. The number of ether oxygens (including phenoxy) is 1. The minimum atomic E-state index is -0.221. The minimum absolute atomic E-state index is 0.221. The summed E-state index contributed by atoms with van der Waals surface area (Å²) in [6.07, 6.45) is 1.46. The van der Waals surface area contributed by atoms with Crippen molar-refractivity contribution in [1.82, 2.24) is 0 Å². The Hall–Kier alpha value is -2.09. The van der Waals surface area contributed by atoms with E-state index in [0.29, 0.717) is 13.0 Å². The van der Waals surface area contributed by atoms with Gasteiger partial charge in [0.15, 0.2) is 0 Å². The number of aryl methyl sites for hydroxylation is 1. The van der Waals surface area contributed by atoms with E-state index in [1.165, 1.54) is 0 Å². The summed E-state index contributed by atoms with van der Waals surface area (Å²) in [5.41, 5.74) is 3.15. The van der Waals surface area contributed by atoms with E-state index in [0.717, 1.165) is 28.7 Å². The number of benzene rings is 2. The molecule has 0 radical (unpaired) electrons. The number of carbonyl (C=O) groups excluding carboxylic acids is 1. The van der Waals surface area contributed by atoms with Crippen LogP contribution in [0.4, 0.5) is 0 Å². The summed E-state index contributed by atoms with van der Waals surface area (Å²) >= 11 is 0. The molecule has 0 amide bonds. The second-order valence-corrected chi connectivity index (χ2v) is 6.03. The van der Waals surface area contributed by atoms with Crippen molar-refractivity contribution in [2.75, 3.05) is 0 Å². The van der Waals surface area contributed by atoms with Crippen molar-refractivity contribution in [3.8, 4) is 5.75 Å². The Kier molecular flexibility index (Phi) is 4.79. The van der Waals surface area contributed by atoms with Crippen molar-refractivity contribution in [1.29, 1.82) is 0 Å². The van der Waals surface area contributed by atoms with Crippen molar-refractivity contribution in [2.24, 2.45) is 0 Å². The van der Waals surface area contributed by atoms with E-state index in [2.05, 4.69) is 26.0 Å². The lowest BCUT2D eigenvalue weighted by Crippen LogP contribution is -2.19. The molecule has 21 heavy (non-hydrogen) atoms. The van der Waals surface area contributed by atoms with Gasteiger partial charge in [0.05, 0.1) is 0 Å². The van der Waals surface area contributed by atoms with Gasteiger partial charge >= 0.3 is 0 Å². The number of hydrogen-bond donors (Lipinski definition) is 0. The normalized spacial score (nSPS) is 11.2. The van der Waals surface area contributed by atoms with Crippen LogP contribution in [0.2, 0.25) is 0 Å². The fourth-order valence-electron chi connectivity index (χ4n) is 2.36. The number of rotatable bonds is 6. The van der Waals surface area contributed by atoms with Crippen molar-refractivity contribution < 1.29 is 9.53 Å². The third-order valence-electron chi connectivity index (χ3n) is 3.70. The smallest absolute Gasteiger partial charge is 0.123 e. The Balaban J connectivity index is 2.25. The van der Waals surface area contributed by atoms with E-state index in [9.17, 15) is 4.79 Å². The molecular weight excluding hydrogens is 260 g/mol. The summed E-state index contributed by atoms with van der Waals surface area (Å²) < 4.78 is 6.02. The fourth-order valence-corrected chi connectivity index (χ4v) is 2.36. The second-order valence-electron chi connectivity index (χ2n) is 6.03. The largest absolute Gasteiger partial charge is 0.489 e. The van der Waals surface area contributed by atoms with Gasteiger partial charge in [0.25, 0.3) is 0 Å². The number of aldehydes is 1. The molecule has 0 aliphatic heterocycles. The molecule has 0 unspecified atom stereocenters. The van der Waals surface area contributed by atoms with Crippen molar-refractivity contribution in [3.63, 3.8) is 0 Å². The molecule has 0 aliphatic rings. The van der Waals surface area contributed by atoms with Gasteiger partial charge in [0.2, 0.25) is 0 Å². The Bertz CT molecular complexity index is 600. The quantitative estimate of drug-likeness (QED) is 0.732. The molecule has 2 rings (SSSR count). The monoisotopic (exact) mass is 282 g/mol. The zero-order valence-electron chi connectivity index (χ0n) is 12.9. The van der Waals surface area contributed by atoms with Crippen molar-refractivity contribution >= 4 is 6.29 Å². The third-order valence-corrected chi connectivity index (χ3v) is 3.70. The minimum Gasteiger partial charge on any atom is -0.489 e. The van der Waals surface area contributed by atoms with Crippen LogP contribution in [-0.4, -0.2) is 6.29 Å². The summed E-state index contributed by atoms with van der Waals surface area (Å²) in [5.74, 6) is 0.866. The SMILES string of the molecule is Cc1ccc(C(C)(C)CC=O)c(OCc2ccccc2)c1. The zero-order valence-corrected chi connectivity index (χ0v) is 12.9. The van der Waals surface area contributed by atoms with Crippen LogP contribution >= 0.6 is 0 Å². The van der Waals surface area contributed by atoms with E-state index in [-0.39, 0.29) is 5.41 Å². The molecule has 110 valence electrons. The summed E-state index contributed by atoms with van der Waals surface area (Å²) in [6, 6.07) is 16.3. The predicted octanol–water partition coefficient (Wildman–Crippen LogP) is 4.44. The first kappa shape index (κ1) is 15.3. The molecule has 0 aromatic heterocycles. The highest BCUT2D eigenvalue weighted by Gasteiger charge is 2.24. The van der Waals surface area contributed by atoms with Gasteiger partial charge in [-0.05, 0) is 29.5 Å². The molecule has 2 aromatic rings. The van der Waals surface area contributed by atoms with Gasteiger partial charge in [-0.2, -0.15) is 0 Å². The van der Waals surface area contributed by atoms with Crippen molar-refractivity contribution in [2.45, 2.75) is 39.2 Å². The van der Waals surface area contributed by atoms with Crippen LogP contribution in [0.1, 0.15) is 37.0 Å². The van der Waals surface area contributed by atoms with Crippen LogP contribution in [0.5, 0.6) is 5.75 Å². The Morgan fingerprint density at radius 2 is 1.81 bits per heavy atom. The van der Waals surface area contributed by atoms with E-state index in [1.54, 1.807) is 0 Å². The first-order valence-electron chi connectivity index (χ1n) is 7.24. The Morgan fingerprint density at radius 1 is 1.10 bits per heavy atom. The summed E-state index contributed by atoms with van der Waals surface area (Å²) in [5, 5.41) is 0. The molecule has 0 N–H and O–H groups in total. The fraction of sp³-hybridized carbons (Fsp3) is 0.316. The lowest BCUT2D eigenvalue weighted by atomic mass is 9.81. The maximum atomic E-state index is 10.9. The van der Waals surface area contributed by atoms with Gasteiger partial charge in [0.1, 0.15) is 18.6 Å². The molecule has 0 bridgehead atoms. The molecule has 0 heterocycles. The molecule has 0 fully saturated rings. The maximum absolute atomic E-state index is 10.9. The van der Waals surface area contributed by atoms with E-state index >= 15 is 0 Å². The van der Waals surface area contributed by atoms with Gasteiger partial charge in [-0.25, -0.2) is 0 Å². The summed E-state index contributed by atoms with van der Waals surface area (Å²) in [4.78, 5) is 10.9. The van der Waals surface area contributed by atoms with Gasteiger partial charge in [-0.3, -0.25) is 0 Å². The molecule has 2 aromatic carbocycles. The second kappa shape index (κ2) is 6.57. The van der Waals surface area contributed by atoms with Gasteiger partial charge in [0, 0.05) is 12.0 Å². The average molecular weight is 282 g/mol. The Morgan fingerprint density at radius 3 is 2.48 bits per heavy atom. The average Bonchev–Trinajstić information content (AvgIpc) is 2.46. The van der Waals surface area contributed by atoms with Crippen LogP contribution in [-0.2, 0) is 16.8 Å². The third kappa shape index (κ3) is 3.94. The highest BCUT2D eigenvalue weighted by Crippen LogP contribution is 2.34. The van der Waals surface area contributed by atoms with Gasteiger partial charge in [-0.15, -0.1) is 0 Å². The molecule has 0 saturated heterocycles. The van der Waals surface area contributed by atoms with Crippen LogP contribution in [0.15, 0.2) is 48.5 Å². The topological polar surface area (TPSA) is 26.3 Å². The van der Waals surface area contributed by atoms with Crippen LogP contribution in [0.3, 0.4) is 0 Å². The first-order valence-corrected chi connectivity index (χ1v) is 7.24. The van der Waals surface area contributed by atoms with Gasteiger partial charge < -0.3 is 9.53 Å². The van der Waals surface area contributed by atoms with Gasteiger partial charge in [-0.1, -0.05) is 56.3 Å². The number of carbonyl (C=O) groups is 1. The van der Waals surface area contributed by atoms with Crippen molar-refractivity contribution in [3.05, 3.63) is 65.2 Å². The molecule has 0 spiro atoms. The lowest BCUT2D eigenvalue weighted by Gasteiger charge is -2.26. The maximum Gasteiger partial charge on any atom is 0.123 e. The highest BCUT2D eigenvalue weighted by atomic mass is 16.5. The Labute approximate surface area is 126 Å². The molecule has 0 aliphatic carbocycles. The number of hydrogen-bond acceptors (Lipinski definition) is 2. The van der Waals surface area contributed by atoms with E-state index in [4.69, 9.17) is 4.74 Å². The highest BCUT2D eigenvalue weighted by molar-refractivity contribution is 5.55. The van der Waals surface area contributed by atoms with E-state index in [1.807, 2.05) is 43.3 Å². The lowest BCUT2D eigenvalue weighted by molar-refractivity contribution is -0.108.